The SMILES string of the molecule is COC(=O)[C@H]1C[C@@H](O)CCN1C(=O)CCOc1ccccc1C. The number of nitrogens with zero attached hydrogens (tertiary/aromatic N) is 1. The first-order chi connectivity index (χ1) is 11.0. The molecule has 1 amide bonds. The van der Waals surface area contributed by atoms with Crippen LogP contribution in [0, 0.1) is 6.92 Å². The second-order valence-corrected chi connectivity index (χ2v) is 5.67. The van der Waals surface area contributed by atoms with Crippen molar-refractivity contribution < 1.29 is 24.2 Å². The van der Waals surface area contributed by atoms with Crippen LogP contribution in [0.4, 0.5) is 0 Å². The monoisotopic (exact) mass is 321 g/mol. The van der Waals surface area contributed by atoms with E-state index < -0.39 is 18.1 Å². The standard InChI is InChI=1S/C17H23NO5/c1-12-5-3-4-6-15(12)23-10-8-16(20)18-9-7-13(19)11-14(18)17(21)22-2/h3-6,13-14,19H,7-11H2,1-2H3/t13-,14+/m0/s1. The molecule has 0 bridgehead atoms. The first-order valence-corrected chi connectivity index (χ1v) is 7.76. The van der Waals surface area contributed by atoms with E-state index in [0.29, 0.717) is 13.0 Å². The van der Waals surface area contributed by atoms with Gasteiger partial charge < -0.3 is 19.5 Å². The van der Waals surface area contributed by atoms with Crippen LogP contribution in [0.1, 0.15) is 24.8 Å². The van der Waals surface area contributed by atoms with Crippen molar-refractivity contribution in [1.29, 1.82) is 0 Å². The zero-order valence-corrected chi connectivity index (χ0v) is 13.5. The van der Waals surface area contributed by atoms with Crippen molar-refractivity contribution in [3.8, 4) is 5.75 Å². The van der Waals surface area contributed by atoms with Gasteiger partial charge in [-0.25, -0.2) is 4.79 Å². The number of esters is 1. The molecule has 2 atom stereocenters. The van der Waals surface area contributed by atoms with Crippen molar-refractivity contribution in [1.82, 2.24) is 4.90 Å². The summed E-state index contributed by atoms with van der Waals surface area (Å²) in [6.07, 6.45) is 0.290. The Hall–Kier alpha value is -2.08. The van der Waals surface area contributed by atoms with Crippen molar-refractivity contribution in [2.24, 2.45) is 0 Å². The van der Waals surface area contributed by atoms with Gasteiger partial charge in [-0.05, 0) is 25.0 Å². The molecule has 1 fully saturated rings. The third kappa shape index (κ3) is 4.45. The average Bonchev–Trinajstić information content (AvgIpc) is 2.55. The second-order valence-electron chi connectivity index (χ2n) is 5.67. The summed E-state index contributed by atoms with van der Waals surface area (Å²) in [4.78, 5) is 25.7. The maximum absolute atomic E-state index is 12.4. The highest BCUT2D eigenvalue weighted by atomic mass is 16.5. The molecule has 0 unspecified atom stereocenters. The molecule has 1 aliphatic rings. The molecule has 6 nitrogen and oxygen atoms in total. The van der Waals surface area contributed by atoms with Crippen LogP contribution in [0.25, 0.3) is 0 Å². The summed E-state index contributed by atoms with van der Waals surface area (Å²) in [5.74, 6) is 0.0942. The van der Waals surface area contributed by atoms with Gasteiger partial charge in [-0.1, -0.05) is 18.2 Å². The lowest BCUT2D eigenvalue weighted by atomic mass is 9.99. The zero-order valence-electron chi connectivity index (χ0n) is 13.5. The van der Waals surface area contributed by atoms with E-state index in [4.69, 9.17) is 9.47 Å². The largest absolute Gasteiger partial charge is 0.493 e. The topological polar surface area (TPSA) is 76.1 Å². The van der Waals surface area contributed by atoms with Gasteiger partial charge in [0, 0.05) is 13.0 Å². The Labute approximate surface area is 136 Å². The Kier molecular flexibility index (Phi) is 5.98. The van der Waals surface area contributed by atoms with Crippen molar-refractivity contribution >= 4 is 11.9 Å². The molecule has 1 heterocycles. The Balaban J connectivity index is 1.91. The van der Waals surface area contributed by atoms with E-state index in [1.54, 1.807) is 0 Å². The Morgan fingerprint density at radius 1 is 1.35 bits per heavy atom. The fraction of sp³-hybridized carbons (Fsp3) is 0.529. The fourth-order valence-corrected chi connectivity index (χ4v) is 2.72. The minimum Gasteiger partial charge on any atom is -0.493 e. The second kappa shape index (κ2) is 7.97. The van der Waals surface area contributed by atoms with Gasteiger partial charge in [0.15, 0.2) is 0 Å². The Morgan fingerprint density at radius 3 is 2.78 bits per heavy atom. The number of methoxy groups -OCH3 is 1. The molecule has 6 heteroatoms. The van der Waals surface area contributed by atoms with Crippen LogP contribution in [0.2, 0.25) is 0 Å². The van der Waals surface area contributed by atoms with Crippen LogP contribution in [0.15, 0.2) is 24.3 Å². The summed E-state index contributed by atoms with van der Waals surface area (Å²) in [6.45, 7) is 2.54. The molecule has 1 saturated heterocycles. The van der Waals surface area contributed by atoms with Gasteiger partial charge in [-0.2, -0.15) is 0 Å². The number of amides is 1. The minimum absolute atomic E-state index is 0.166. The summed E-state index contributed by atoms with van der Waals surface area (Å²) < 4.78 is 10.4. The van der Waals surface area contributed by atoms with Crippen molar-refractivity contribution in [2.45, 2.75) is 38.3 Å². The molecule has 0 saturated carbocycles. The number of aryl methyl sites for hydroxylation is 1. The number of aliphatic hydroxyl groups is 1. The number of piperidine rings is 1. The third-order valence-electron chi connectivity index (χ3n) is 4.04. The van der Waals surface area contributed by atoms with Crippen LogP contribution < -0.4 is 4.74 Å². The molecule has 2 rings (SSSR count). The van der Waals surface area contributed by atoms with Gasteiger partial charge in [0.25, 0.3) is 0 Å². The molecule has 0 aliphatic carbocycles. The fourth-order valence-electron chi connectivity index (χ4n) is 2.72. The smallest absolute Gasteiger partial charge is 0.328 e. The van der Waals surface area contributed by atoms with Crippen LogP contribution in [0.3, 0.4) is 0 Å². The van der Waals surface area contributed by atoms with Crippen LogP contribution in [-0.2, 0) is 14.3 Å². The number of para-hydroxylation sites is 1. The van der Waals surface area contributed by atoms with Gasteiger partial charge in [-0.3, -0.25) is 4.79 Å². The molecule has 1 aliphatic heterocycles. The third-order valence-corrected chi connectivity index (χ3v) is 4.04. The maximum Gasteiger partial charge on any atom is 0.328 e. The molecule has 126 valence electrons. The molecular weight excluding hydrogens is 298 g/mol. The zero-order chi connectivity index (χ0) is 16.8. The lowest BCUT2D eigenvalue weighted by molar-refractivity contribution is -0.157. The summed E-state index contributed by atoms with van der Waals surface area (Å²) in [6, 6.07) is 6.89. The van der Waals surface area contributed by atoms with Gasteiger partial charge in [0.1, 0.15) is 11.8 Å². The summed E-state index contributed by atoms with van der Waals surface area (Å²) in [5.41, 5.74) is 1.01. The number of hydrogen-bond acceptors (Lipinski definition) is 5. The summed E-state index contributed by atoms with van der Waals surface area (Å²) in [5, 5.41) is 9.71. The first kappa shape index (κ1) is 17.3. The van der Waals surface area contributed by atoms with E-state index in [1.807, 2.05) is 31.2 Å². The number of carbonyl (C=O) groups is 2. The number of likely N-dealkylation sites (tertiary alicyclic amines) is 1. The lowest BCUT2D eigenvalue weighted by Gasteiger charge is -2.36. The first-order valence-electron chi connectivity index (χ1n) is 7.76. The van der Waals surface area contributed by atoms with Crippen LogP contribution >= 0.6 is 0 Å². The highest BCUT2D eigenvalue weighted by Gasteiger charge is 2.36. The molecule has 1 aromatic rings. The van der Waals surface area contributed by atoms with Crippen molar-refractivity contribution in [2.75, 3.05) is 20.3 Å². The molecule has 1 N–H and O–H groups in total. The highest BCUT2D eigenvalue weighted by molar-refractivity contribution is 5.84. The summed E-state index contributed by atoms with van der Waals surface area (Å²) in [7, 11) is 1.28. The number of carbonyl (C=O) groups excluding carboxylic acids is 2. The minimum atomic E-state index is -0.713. The van der Waals surface area contributed by atoms with Gasteiger partial charge in [0.05, 0.1) is 26.2 Å². The number of benzene rings is 1. The van der Waals surface area contributed by atoms with Crippen LogP contribution in [0.5, 0.6) is 5.75 Å². The normalized spacial score (nSPS) is 20.9. The Bertz CT molecular complexity index is 560. The number of rotatable bonds is 5. The van der Waals surface area contributed by atoms with Crippen LogP contribution in [-0.4, -0.2) is 54.3 Å². The van der Waals surface area contributed by atoms with Gasteiger partial charge >= 0.3 is 5.97 Å². The van der Waals surface area contributed by atoms with Crippen molar-refractivity contribution in [3.63, 3.8) is 0 Å². The quantitative estimate of drug-likeness (QED) is 0.827. The molecule has 1 aromatic carbocycles. The van der Waals surface area contributed by atoms with E-state index in [0.717, 1.165) is 11.3 Å². The van der Waals surface area contributed by atoms with E-state index in [9.17, 15) is 14.7 Å². The predicted octanol–water partition coefficient (Wildman–Crippen LogP) is 1.29. The molecular formula is C17H23NO5. The van der Waals surface area contributed by atoms with Crippen molar-refractivity contribution in [3.05, 3.63) is 29.8 Å². The van der Waals surface area contributed by atoms with E-state index in [2.05, 4.69) is 0 Å². The molecule has 23 heavy (non-hydrogen) atoms. The lowest BCUT2D eigenvalue weighted by Crippen LogP contribution is -2.52. The van der Waals surface area contributed by atoms with Gasteiger partial charge in [0.2, 0.25) is 5.91 Å². The summed E-state index contributed by atoms with van der Waals surface area (Å²) >= 11 is 0. The average molecular weight is 321 g/mol. The molecule has 0 aromatic heterocycles. The number of aliphatic hydroxyl groups excluding tert-OH is 1. The maximum atomic E-state index is 12.4. The highest BCUT2D eigenvalue weighted by Crippen LogP contribution is 2.20. The number of hydrogen-bond donors (Lipinski definition) is 1. The number of ether oxygens (including phenoxy) is 2. The molecule has 0 spiro atoms. The Morgan fingerprint density at radius 2 is 2.09 bits per heavy atom. The van der Waals surface area contributed by atoms with Gasteiger partial charge in [-0.15, -0.1) is 0 Å². The predicted molar refractivity (Wildman–Crippen MR) is 84.0 cm³/mol. The molecule has 0 radical (unpaired) electrons. The van der Waals surface area contributed by atoms with E-state index in [1.165, 1.54) is 12.0 Å². The van der Waals surface area contributed by atoms with E-state index >= 15 is 0 Å². The van der Waals surface area contributed by atoms with E-state index in [-0.39, 0.29) is 25.4 Å².